The van der Waals surface area contributed by atoms with Gasteiger partial charge >= 0.3 is 0 Å². The Labute approximate surface area is 94.0 Å². The molecule has 0 amide bonds. The first kappa shape index (κ1) is 11.9. The minimum Gasteiger partial charge on any atom is -0.330 e. The number of hydrogen-bond donors (Lipinski definition) is 1. The minimum atomic E-state index is 0.755. The summed E-state index contributed by atoms with van der Waals surface area (Å²) in [4.78, 5) is 0. The fourth-order valence-corrected chi connectivity index (χ4v) is 2.54. The summed E-state index contributed by atoms with van der Waals surface area (Å²) < 4.78 is 1.85. The fraction of sp³-hybridized carbons (Fsp3) is 0.667. The zero-order valence-corrected chi connectivity index (χ0v) is 10.2. The van der Waals surface area contributed by atoms with Crippen LogP contribution in [0.5, 0.6) is 0 Å². The van der Waals surface area contributed by atoms with Gasteiger partial charge in [0.05, 0.1) is 16.4 Å². The monoisotopic (exact) mass is 233 g/mol. The molecule has 0 bridgehead atoms. The van der Waals surface area contributed by atoms with Crippen LogP contribution in [-0.2, 0) is 12.8 Å². The lowest BCUT2D eigenvalue weighted by molar-refractivity contribution is 0.727. The van der Waals surface area contributed by atoms with E-state index >= 15 is 0 Å². The number of aromatic nitrogens is 2. The van der Waals surface area contributed by atoms with Crippen LogP contribution in [-0.4, -0.2) is 22.1 Å². The number of thioether (sulfide) groups is 1. The highest BCUT2D eigenvalue weighted by Gasteiger charge is 2.10. The normalized spacial score (nSPS) is 10.9. The van der Waals surface area contributed by atoms with Gasteiger partial charge in [0.1, 0.15) is 0 Å². The second-order valence-corrected chi connectivity index (χ2v) is 4.65. The van der Waals surface area contributed by atoms with Gasteiger partial charge in [0, 0.05) is 12.8 Å². The van der Waals surface area contributed by atoms with E-state index in [2.05, 4.69) is 5.10 Å². The molecule has 0 radical (unpaired) electrons. The quantitative estimate of drug-likeness (QED) is 0.791. The molecular weight excluding hydrogens is 218 g/mol. The molecule has 80 valence electrons. The number of aryl methyl sites for hydroxylation is 2. The van der Waals surface area contributed by atoms with Crippen molar-refractivity contribution in [3.05, 3.63) is 16.4 Å². The van der Waals surface area contributed by atoms with Gasteiger partial charge in [-0.1, -0.05) is 11.6 Å². The Hall–Kier alpha value is -0.190. The summed E-state index contributed by atoms with van der Waals surface area (Å²) in [6, 6.07) is 0. The van der Waals surface area contributed by atoms with Crippen LogP contribution in [0.25, 0.3) is 0 Å². The van der Waals surface area contributed by atoms with E-state index in [-0.39, 0.29) is 0 Å². The first-order chi connectivity index (χ1) is 6.66. The third-order valence-electron chi connectivity index (χ3n) is 1.99. The summed E-state index contributed by atoms with van der Waals surface area (Å²) in [5.74, 6) is 1.99. The van der Waals surface area contributed by atoms with Crippen LogP contribution in [0.2, 0.25) is 5.02 Å². The van der Waals surface area contributed by atoms with Gasteiger partial charge in [0.25, 0.3) is 0 Å². The molecule has 0 fully saturated rings. The van der Waals surface area contributed by atoms with Gasteiger partial charge in [0.15, 0.2) is 0 Å². The van der Waals surface area contributed by atoms with Crippen molar-refractivity contribution < 1.29 is 0 Å². The number of hydrogen-bond acceptors (Lipinski definition) is 3. The van der Waals surface area contributed by atoms with Gasteiger partial charge in [-0.3, -0.25) is 4.68 Å². The predicted molar refractivity (Wildman–Crippen MR) is 62.8 cm³/mol. The molecule has 2 N–H and O–H groups in total. The molecule has 0 spiro atoms. The largest absolute Gasteiger partial charge is 0.330 e. The molecule has 0 aliphatic rings. The van der Waals surface area contributed by atoms with E-state index in [4.69, 9.17) is 17.3 Å². The maximum atomic E-state index is 6.11. The predicted octanol–water partition coefficient (Wildman–Crippen LogP) is 1.96. The highest BCUT2D eigenvalue weighted by Crippen LogP contribution is 2.23. The highest BCUT2D eigenvalue weighted by molar-refractivity contribution is 7.98. The Morgan fingerprint density at radius 3 is 2.79 bits per heavy atom. The second kappa shape index (κ2) is 5.63. The number of nitrogens with zero attached hydrogens (tertiary/aromatic N) is 2. The average Bonchev–Trinajstić information content (AvgIpc) is 2.38. The molecule has 3 nitrogen and oxygen atoms in total. The van der Waals surface area contributed by atoms with Gasteiger partial charge in [-0.2, -0.15) is 16.9 Å². The van der Waals surface area contributed by atoms with Crippen LogP contribution < -0.4 is 5.73 Å². The first-order valence-electron chi connectivity index (χ1n) is 4.62. The standard InChI is InChI=1S/C9H16ClN3S/c1-7-9(10)8(13(2)12-7)6-14-5-3-4-11/h3-6,11H2,1-2H3. The first-order valence-corrected chi connectivity index (χ1v) is 6.16. The summed E-state index contributed by atoms with van der Waals surface area (Å²) in [7, 11) is 1.93. The molecule has 1 heterocycles. The minimum absolute atomic E-state index is 0.755. The molecule has 0 aromatic carbocycles. The van der Waals surface area contributed by atoms with E-state index in [9.17, 15) is 0 Å². The van der Waals surface area contributed by atoms with Gasteiger partial charge in [0.2, 0.25) is 0 Å². The van der Waals surface area contributed by atoms with Crippen molar-refractivity contribution in [2.24, 2.45) is 12.8 Å². The van der Waals surface area contributed by atoms with Crippen molar-refractivity contribution in [2.75, 3.05) is 12.3 Å². The Morgan fingerprint density at radius 2 is 2.29 bits per heavy atom. The van der Waals surface area contributed by atoms with E-state index in [1.54, 1.807) is 0 Å². The van der Waals surface area contributed by atoms with Gasteiger partial charge in [-0.15, -0.1) is 0 Å². The Balaban J connectivity index is 2.49. The summed E-state index contributed by atoms with van der Waals surface area (Å²) >= 11 is 7.95. The number of rotatable bonds is 5. The zero-order chi connectivity index (χ0) is 10.6. The smallest absolute Gasteiger partial charge is 0.0855 e. The van der Waals surface area contributed by atoms with Crippen molar-refractivity contribution in [1.82, 2.24) is 9.78 Å². The lowest BCUT2D eigenvalue weighted by Gasteiger charge is -2.02. The van der Waals surface area contributed by atoms with Crippen molar-refractivity contribution in [3.63, 3.8) is 0 Å². The van der Waals surface area contributed by atoms with Crippen LogP contribution in [0.4, 0.5) is 0 Å². The lowest BCUT2D eigenvalue weighted by atomic mass is 10.4. The number of halogens is 1. The molecule has 0 unspecified atom stereocenters. The van der Waals surface area contributed by atoms with E-state index in [1.165, 1.54) is 0 Å². The molecule has 1 rings (SSSR count). The Morgan fingerprint density at radius 1 is 1.57 bits per heavy atom. The van der Waals surface area contributed by atoms with Crippen LogP contribution >= 0.6 is 23.4 Å². The summed E-state index contributed by atoms with van der Waals surface area (Å²) in [6.45, 7) is 2.68. The third-order valence-corrected chi connectivity index (χ3v) is 3.54. The summed E-state index contributed by atoms with van der Waals surface area (Å²) in [5.41, 5.74) is 7.42. The fourth-order valence-electron chi connectivity index (χ4n) is 1.19. The van der Waals surface area contributed by atoms with Crippen LogP contribution in [0.3, 0.4) is 0 Å². The Kier molecular flexibility index (Phi) is 4.78. The highest BCUT2D eigenvalue weighted by atomic mass is 35.5. The van der Waals surface area contributed by atoms with Gasteiger partial charge in [-0.05, 0) is 25.6 Å². The van der Waals surface area contributed by atoms with Crippen molar-refractivity contribution in [3.8, 4) is 0 Å². The molecule has 0 saturated heterocycles. The maximum absolute atomic E-state index is 6.11. The van der Waals surface area contributed by atoms with E-state index < -0.39 is 0 Å². The maximum Gasteiger partial charge on any atom is 0.0855 e. The van der Waals surface area contributed by atoms with E-state index in [1.807, 2.05) is 30.4 Å². The molecule has 5 heteroatoms. The molecule has 1 aromatic rings. The van der Waals surface area contributed by atoms with E-state index in [0.717, 1.165) is 40.9 Å². The van der Waals surface area contributed by atoms with Crippen molar-refractivity contribution >= 4 is 23.4 Å². The molecule has 0 atom stereocenters. The van der Waals surface area contributed by atoms with Crippen LogP contribution in [0.15, 0.2) is 0 Å². The summed E-state index contributed by atoms with van der Waals surface area (Å²) in [5, 5.41) is 5.06. The van der Waals surface area contributed by atoms with E-state index in [0.29, 0.717) is 0 Å². The SMILES string of the molecule is Cc1nn(C)c(CSCCCN)c1Cl. The van der Waals surface area contributed by atoms with Crippen molar-refractivity contribution in [2.45, 2.75) is 19.1 Å². The van der Waals surface area contributed by atoms with Gasteiger partial charge in [-0.25, -0.2) is 0 Å². The molecule has 0 saturated carbocycles. The van der Waals surface area contributed by atoms with Gasteiger partial charge < -0.3 is 5.73 Å². The molecule has 1 aromatic heterocycles. The summed E-state index contributed by atoms with van der Waals surface area (Å²) in [6.07, 6.45) is 1.05. The topological polar surface area (TPSA) is 43.8 Å². The lowest BCUT2D eigenvalue weighted by Crippen LogP contribution is -2.01. The average molecular weight is 234 g/mol. The molecular formula is C9H16ClN3S. The second-order valence-electron chi connectivity index (χ2n) is 3.16. The van der Waals surface area contributed by atoms with Crippen LogP contribution in [0, 0.1) is 6.92 Å². The van der Waals surface area contributed by atoms with Crippen LogP contribution in [0.1, 0.15) is 17.8 Å². The molecule has 14 heavy (non-hydrogen) atoms. The molecule has 0 aliphatic heterocycles. The molecule has 0 aliphatic carbocycles. The zero-order valence-electron chi connectivity index (χ0n) is 8.59. The Bertz CT molecular complexity index is 298. The third kappa shape index (κ3) is 2.90. The van der Waals surface area contributed by atoms with Crippen molar-refractivity contribution in [1.29, 1.82) is 0 Å². The number of nitrogens with two attached hydrogens (primary N) is 1.